The van der Waals surface area contributed by atoms with Gasteiger partial charge >= 0.3 is 0 Å². The molecule has 0 aliphatic carbocycles. The molecule has 0 unspecified atom stereocenters. The first-order valence-electron chi connectivity index (χ1n) is 6.90. The second kappa shape index (κ2) is 5.92. The first kappa shape index (κ1) is 15.0. The van der Waals surface area contributed by atoms with Crippen molar-refractivity contribution in [1.82, 2.24) is 5.32 Å². The van der Waals surface area contributed by atoms with Gasteiger partial charge in [0.05, 0.1) is 5.54 Å². The van der Waals surface area contributed by atoms with Crippen LogP contribution in [0.1, 0.15) is 40.1 Å². The van der Waals surface area contributed by atoms with Gasteiger partial charge in [0.25, 0.3) is 5.91 Å². The Hall–Kier alpha value is -2.42. The zero-order valence-corrected chi connectivity index (χ0v) is 12.5. The SMILES string of the molecule is Cc1ccccc1C(=O)NC(C)(C)C(=O)c1ccccc1. The summed E-state index contributed by atoms with van der Waals surface area (Å²) in [6.07, 6.45) is 0. The van der Waals surface area contributed by atoms with Gasteiger partial charge in [0.15, 0.2) is 5.78 Å². The molecule has 2 rings (SSSR count). The van der Waals surface area contributed by atoms with Crippen LogP contribution in [0.2, 0.25) is 0 Å². The number of amides is 1. The predicted octanol–water partition coefficient (Wildman–Crippen LogP) is 3.39. The van der Waals surface area contributed by atoms with E-state index in [1.807, 2.05) is 43.3 Å². The smallest absolute Gasteiger partial charge is 0.252 e. The molecule has 0 spiro atoms. The van der Waals surface area contributed by atoms with Crippen LogP contribution in [-0.2, 0) is 0 Å². The van der Waals surface area contributed by atoms with Crippen molar-refractivity contribution < 1.29 is 9.59 Å². The normalized spacial score (nSPS) is 11.0. The van der Waals surface area contributed by atoms with Crippen molar-refractivity contribution in [3.63, 3.8) is 0 Å². The maximum Gasteiger partial charge on any atom is 0.252 e. The number of ketones is 1. The number of benzene rings is 2. The van der Waals surface area contributed by atoms with Crippen molar-refractivity contribution in [2.75, 3.05) is 0 Å². The summed E-state index contributed by atoms with van der Waals surface area (Å²) in [4.78, 5) is 24.9. The highest BCUT2D eigenvalue weighted by atomic mass is 16.2. The molecule has 1 N–H and O–H groups in total. The molecule has 0 radical (unpaired) electrons. The summed E-state index contributed by atoms with van der Waals surface area (Å²) in [5.41, 5.74) is 1.11. The molecule has 0 saturated carbocycles. The van der Waals surface area contributed by atoms with E-state index in [0.29, 0.717) is 11.1 Å². The van der Waals surface area contributed by atoms with E-state index in [4.69, 9.17) is 0 Å². The van der Waals surface area contributed by atoms with Gasteiger partial charge in [0, 0.05) is 11.1 Å². The molecule has 0 aromatic heterocycles. The van der Waals surface area contributed by atoms with Crippen molar-refractivity contribution in [2.24, 2.45) is 0 Å². The van der Waals surface area contributed by atoms with Crippen LogP contribution in [0.15, 0.2) is 54.6 Å². The summed E-state index contributed by atoms with van der Waals surface area (Å²) in [6.45, 7) is 5.32. The number of rotatable bonds is 4. The number of nitrogens with one attached hydrogen (secondary N) is 1. The first-order valence-corrected chi connectivity index (χ1v) is 6.90. The lowest BCUT2D eigenvalue weighted by molar-refractivity contribution is 0.0798. The van der Waals surface area contributed by atoms with Gasteiger partial charge < -0.3 is 5.32 Å². The largest absolute Gasteiger partial charge is 0.340 e. The summed E-state index contributed by atoms with van der Waals surface area (Å²) in [7, 11) is 0. The van der Waals surface area contributed by atoms with Gasteiger partial charge in [-0.05, 0) is 32.4 Å². The van der Waals surface area contributed by atoms with Gasteiger partial charge in [-0.25, -0.2) is 0 Å². The van der Waals surface area contributed by atoms with Crippen molar-refractivity contribution in [1.29, 1.82) is 0 Å². The lowest BCUT2D eigenvalue weighted by atomic mass is 9.92. The minimum absolute atomic E-state index is 0.106. The fourth-order valence-corrected chi connectivity index (χ4v) is 2.19. The Bertz CT molecular complexity index is 660. The number of hydrogen-bond donors (Lipinski definition) is 1. The van der Waals surface area contributed by atoms with E-state index in [1.54, 1.807) is 32.0 Å². The molecular weight excluding hydrogens is 262 g/mol. The minimum Gasteiger partial charge on any atom is -0.340 e. The van der Waals surface area contributed by atoms with Crippen LogP contribution in [0.25, 0.3) is 0 Å². The van der Waals surface area contributed by atoms with E-state index in [9.17, 15) is 9.59 Å². The monoisotopic (exact) mass is 281 g/mol. The highest BCUT2D eigenvalue weighted by Crippen LogP contribution is 2.15. The van der Waals surface area contributed by atoms with E-state index in [1.165, 1.54) is 0 Å². The lowest BCUT2D eigenvalue weighted by Crippen LogP contribution is -2.49. The molecule has 0 fully saturated rings. The molecule has 2 aromatic carbocycles. The van der Waals surface area contributed by atoms with Crippen molar-refractivity contribution in [3.05, 3.63) is 71.3 Å². The molecular formula is C18H19NO2. The van der Waals surface area contributed by atoms with Gasteiger partial charge in [-0.1, -0.05) is 48.5 Å². The molecule has 0 atom stereocenters. The molecule has 0 saturated heterocycles. The average molecular weight is 281 g/mol. The number of carbonyl (C=O) groups excluding carboxylic acids is 2. The highest BCUT2D eigenvalue weighted by molar-refractivity contribution is 6.06. The zero-order chi connectivity index (χ0) is 15.5. The Kier molecular flexibility index (Phi) is 4.22. The summed E-state index contributed by atoms with van der Waals surface area (Å²) in [6, 6.07) is 16.3. The lowest BCUT2D eigenvalue weighted by Gasteiger charge is -2.25. The van der Waals surface area contributed by atoms with Crippen LogP contribution >= 0.6 is 0 Å². The van der Waals surface area contributed by atoms with Crippen molar-refractivity contribution in [2.45, 2.75) is 26.3 Å². The summed E-state index contributed by atoms with van der Waals surface area (Å²) in [5.74, 6) is -0.340. The molecule has 0 bridgehead atoms. The fraction of sp³-hybridized carbons (Fsp3) is 0.222. The summed E-state index contributed by atoms with van der Waals surface area (Å²) < 4.78 is 0. The average Bonchev–Trinajstić information content (AvgIpc) is 2.47. The van der Waals surface area contributed by atoms with E-state index >= 15 is 0 Å². The van der Waals surface area contributed by atoms with Crippen molar-refractivity contribution in [3.8, 4) is 0 Å². The van der Waals surface area contributed by atoms with Crippen LogP contribution in [0.4, 0.5) is 0 Å². The Morgan fingerprint density at radius 2 is 1.48 bits per heavy atom. The number of hydrogen-bond acceptors (Lipinski definition) is 2. The van der Waals surface area contributed by atoms with Gasteiger partial charge in [-0.3, -0.25) is 9.59 Å². The van der Waals surface area contributed by atoms with E-state index in [0.717, 1.165) is 5.56 Å². The quantitative estimate of drug-likeness (QED) is 0.873. The Morgan fingerprint density at radius 3 is 2.10 bits per heavy atom. The van der Waals surface area contributed by atoms with Crippen LogP contribution in [-0.4, -0.2) is 17.2 Å². The molecule has 3 heteroatoms. The first-order chi connectivity index (χ1) is 9.92. The number of aryl methyl sites for hydroxylation is 1. The number of Topliss-reactive ketones (excluding diaryl/α,β-unsaturated/α-hetero) is 1. The maximum absolute atomic E-state index is 12.5. The summed E-state index contributed by atoms with van der Waals surface area (Å²) in [5, 5.41) is 2.82. The molecule has 0 aliphatic rings. The molecule has 0 heterocycles. The van der Waals surface area contributed by atoms with E-state index in [2.05, 4.69) is 5.32 Å². The standard InChI is InChI=1S/C18H19NO2/c1-13-9-7-8-12-15(13)17(21)19-18(2,3)16(20)14-10-5-4-6-11-14/h4-12H,1-3H3,(H,19,21). The third-order valence-corrected chi connectivity index (χ3v) is 3.42. The van der Waals surface area contributed by atoms with Crippen LogP contribution < -0.4 is 5.32 Å². The molecule has 0 aliphatic heterocycles. The predicted molar refractivity (Wildman–Crippen MR) is 83.5 cm³/mol. The Balaban J connectivity index is 2.20. The van der Waals surface area contributed by atoms with Crippen LogP contribution in [0, 0.1) is 6.92 Å². The molecule has 2 aromatic rings. The highest BCUT2D eigenvalue weighted by Gasteiger charge is 2.30. The maximum atomic E-state index is 12.5. The van der Waals surface area contributed by atoms with E-state index < -0.39 is 5.54 Å². The molecule has 1 amide bonds. The third-order valence-electron chi connectivity index (χ3n) is 3.42. The van der Waals surface area contributed by atoms with Crippen molar-refractivity contribution >= 4 is 11.7 Å². The zero-order valence-electron chi connectivity index (χ0n) is 12.5. The Morgan fingerprint density at radius 1 is 0.905 bits per heavy atom. The van der Waals surface area contributed by atoms with Gasteiger partial charge in [0.2, 0.25) is 0 Å². The van der Waals surface area contributed by atoms with Crippen LogP contribution in [0.3, 0.4) is 0 Å². The Labute approximate surface area is 125 Å². The minimum atomic E-state index is -0.958. The van der Waals surface area contributed by atoms with Gasteiger partial charge in [0.1, 0.15) is 0 Å². The fourth-order valence-electron chi connectivity index (χ4n) is 2.19. The third kappa shape index (κ3) is 3.37. The second-order valence-corrected chi connectivity index (χ2v) is 5.59. The second-order valence-electron chi connectivity index (χ2n) is 5.59. The van der Waals surface area contributed by atoms with Gasteiger partial charge in [-0.15, -0.1) is 0 Å². The molecule has 108 valence electrons. The summed E-state index contributed by atoms with van der Waals surface area (Å²) >= 11 is 0. The van der Waals surface area contributed by atoms with E-state index in [-0.39, 0.29) is 11.7 Å². The van der Waals surface area contributed by atoms with Gasteiger partial charge in [-0.2, -0.15) is 0 Å². The molecule has 3 nitrogen and oxygen atoms in total. The van der Waals surface area contributed by atoms with Crippen LogP contribution in [0.5, 0.6) is 0 Å². The topological polar surface area (TPSA) is 46.2 Å². The number of carbonyl (C=O) groups is 2. The molecule has 21 heavy (non-hydrogen) atoms.